The highest BCUT2D eigenvalue weighted by atomic mass is 16.5. The van der Waals surface area contributed by atoms with Crippen LogP contribution in [0.5, 0.6) is 0 Å². The molecular formula is C14H28N2O. The van der Waals surface area contributed by atoms with Crippen molar-refractivity contribution in [3.8, 4) is 0 Å². The molecule has 2 heterocycles. The molecule has 0 aromatic carbocycles. The number of nitrogens with zero attached hydrogens (tertiary/aromatic N) is 1. The summed E-state index contributed by atoms with van der Waals surface area (Å²) in [7, 11) is 2.26. The molecule has 3 nitrogen and oxygen atoms in total. The molecule has 2 rings (SSSR count). The molecule has 2 saturated heterocycles. The van der Waals surface area contributed by atoms with Gasteiger partial charge in [0.2, 0.25) is 0 Å². The Balaban J connectivity index is 1.73. The number of likely N-dealkylation sites (N-methyl/N-ethyl adjacent to an activating group) is 1. The molecule has 0 saturated carbocycles. The summed E-state index contributed by atoms with van der Waals surface area (Å²) in [5, 5.41) is 3.69. The number of nitrogens with one attached hydrogen (secondary N) is 1. The van der Waals surface area contributed by atoms with Crippen LogP contribution in [-0.4, -0.2) is 50.3 Å². The smallest absolute Gasteiger partial charge is 0.0506 e. The third kappa shape index (κ3) is 4.23. The van der Waals surface area contributed by atoms with Gasteiger partial charge < -0.3 is 15.0 Å². The lowest BCUT2D eigenvalue weighted by Crippen LogP contribution is -2.53. The highest BCUT2D eigenvalue weighted by Gasteiger charge is 2.28. The monoisotopic (exact) mass is 240 g/mol. The van der Waals surface area contributed by atoms with Gasteiger partial charge in [0.25, 0.3) is 0 Å². The van der Waals surface area contributed by atoms with Crippen molar-refractivity contribution >= 4 is 0 Å². The summed E-state index contributed by atoms with van der Waals surface area (Å²) in [6.07, 6.45) is 6.63. The van der Waals surface area contributed by atoms with Crippen LogP contribution in [0.2, 0.25) is 0 Å². The van der Waals surface area contributed by atoms with E-state index in [0.29, 0.717) is 5.54 Å². The Morgan fingerprint density at radius 1 is 1.35 bits per heavy atom. The highest BCUT2D eigenvalue weighted by Crippen LogP contribution is 2.21. The summed E-state index contributed by atoms with van der Waals surface area (Å²) >= 11 is 0. The van der Waals surface area contributed by atoms with Crippen LogP contribution < -0.4 is 5.32 Å². The van der Waals surface area contributed by atoms with Gasteiger partial charge in [0.1, 0.15) is 0 Å². The molecule has 2 atom stereocenters. The predicted molar refractivity (Wildman–Crippen MR) is 71.3 cm³/mol. The van der Waals surface area contributed by atoms with E-state index in [0.717, 1.165) is 19.1 Å². The Bertz CT molecular complexity index is 220. The SMILES string of the molecule is CN(CC1CCCOC1)CC1(C)CCCCN1. The van der Waals surface area contributed by atoms with Crippen molar-refractivity contribution in [3.05, 3.63) is 0 Å². The van der Waals surface area contributed by atoms with E-state index in [1.54, 1.807) is 0 Å². The van der Waals surface area contributed by atoms with Gasteiger partial charge in [-0.3, -0.25) is 0 Å². The first-order valence-electron chi connectivity index (χ1n) is 7.19. The molecule has 3 heteroatoms. The van der Waals surface area contributed by atoms with Crippen molar-refractivity contribution in [2.45, 2.75) is 44.6 Å². The maximum atomic E-state index is 5.56. The maximum Gasteiger partial charge on any atom is 0.0506 e. The van der Waals surface area contributed by atoms with Gasteiger partial charge in [0.05, 0.1) is 6.61 Å². The van der Waals surface area contributed by atoms with Crippen LogP contribution in [0.3, 0.4) is 0 Å². The lowest BCUT2D eigenvalue weighted by molar-refractivity contribution is 0.0375. The number of hydrogen-bond donors (Lipinski definition) is 1. The van der Waals surface area contributed by atoms with E-state index in [1.165, 1.54) is 51.7 Å². The third-order valence-corrected chi connectivity index (χ3v) is 4.15. The van der Waals surface area contributed by atoms with Gasteiger partial charge in [-0.2, -0.15) is 0 Å². The van der Waals surface area contributed by atoms with Gasteiger partial charge in [-0.1, -0.05) is 6.42 Å². The van der Waals surface area contributed by atoms with Crippen LogP contribution in [-0.2, 0) is 4.74 Å². The normalized spacial score (nSPS) is 35.1. The van der Waals surface area contributed by atoms with Crippen LogP contribution in [0.15, 0.2) is 0 Å². The van der Waals surface area contributed by atoms with E-state index in [9.17, 15) is 0 Å². The Labute approximate surface area is 106 Å². The molecule has 17 heavy (non-hydrogen) atoms. The fraction of sp³-hybridized carbons (Fsp3) is 1.00. The molecule has 2 aliphatic heterocycles. The average molecular weight is 240 g/mol. The molecule has 0 aromatic heterocycles. The molecule has 0 bridgehead atoms. The fourth-order valence-corrected chi connectivity index (χ4v) is 3.31. The minimum absolute atomic E-state index is 0.336. The number of piperidine rings is 1. The average Bonchev–Trinajstić information content (AvgIpc) is 2.30. The molecule has 0 aromatic rings. The van der Waals surface area contributed by atoms with Crippen LogP contribution in [0.4, 0.5) is 0 Å². The van der Waals surface area contributed by atoms with Crippen molar-refractivity contribution in [3.63, 3.8) is 0 Å². The summed E-state index contributed by atoms with van der Waals surface area (Å²) < 4.78 is 5.56. The standard InChI is InChI=1S/C14H28N2O/c1-14(7-3-4-8-15-14)12-16(2)10-13-6-5-9-17-11-13/h13,15H,3-12H2,1-2H3. The molecule has 0 radical (unpaired) electrons. The van der Waals surface area contributed by atoms with Gasteiger partial charge in [-0.25, -0.2) is 0 Å². The van der Waals surface area contributed by atoms with Gasteiger partial charge in [0, 0.05) is 25.2 Å². The molecular weight excluding hydrogens is 212 g/mol. The van der Waals surface area contributed by atoms with Crippen molar-refractivity contribution in [2.75, 3.05) is 39.9 Å². The highest BCUT2D eigenvalue weighted by molar-refractivity contribution is 4.89. The third-order valence-electron chi connectivity index (χ3n) is 4.15. The number of hydrogen-bond acceptors (Lipinski definition) is 3. The van der Waals surface area contributed by atoms with Gasteiger partial charge >= 0.3 is 0 Å². The van der Waals surface area contributed by atoms with E-state index in [4.69, 9.17) is 4.74 Å². The van der Waals surface area contributed by atoms with Crippen molar-refractivity contribution in [1.82, 2.24) is 10.2 Å². The molecule has 2 fully saturated rings. The Morgan fingerprint density at radius 3 is 2.88 bits per heavy atom. The van der Waals surface area contributed by atoms with Crippen molar-refractivity contribution < 1.29 is 4.74 Å². The second kappa shape index (κ2) is 6.17. The first kappa shape index (κ1) is 13.3. The van der Waals surface area contributed by atoms with Crippen LogP contribution >= 0.6 is 0 Å². The molecule has 2 aliphatic rings. The first-order chi connectivity index (χ1) is 8.18. The second-order valence-corrected chi connectivity index (χ2v) is 6.22. The lowest BCUT2D eigenvalue weighted by atomic mass is 9.90. The molecule has 1 N–H and O–H groups in total. The quantitative estimate of drug-likeness (QED) is 0.812. The maximum absolute atomic E-state index is 5.56. The second-order valence-electron chi connectivity index (χ2n) is 6.22. The summed E-state index contributed by atoms with van der Waals surface area (Å²) in [5.74, 6) is 0.751. The molecule has 100 valence electrons. The Hall–Kier alpha value is -0.120. The van der Waals surface area contributed by atoms with Gasteiger partial charge in [-0.15, -0.1) is 0 Å². The molecule has 0 amide bonds. The largest absolute Gasteiger partial charge is 0.381 e. The lowest BCUT2D eigenvalue weighted by Gasteiger charge is -2.39. The van der Waals surface area contributed by atoms with Crippen molar-refractivity contribution in [2.24, 2.45) is 5.92 Å². The van der Waals surface area contributed by atoms with E-state index in [1.807, 2.05) is 0 Å². The number of ether oxygens (including phenoxy) is 1. The molecule has 0 spiro atoms. The Morgan fingerprint density at radius 2 is 2.24 bits per heavy atom. The van der Waals surface area contributed by atoms with Gasteiger partial charge in [0.15, 0.2) is 0 Å². The fourth-order valence-electron chi connectivity index (χ4n) is 3.31. The first-order valence-corrected chi connectivity index (χ1v) is 7.19. The van der Waals surface area contributed by atoms with E-state index < -0.39 is 0 Å². The van der Waals surface area contributed by atoms with Crippen LogP contribution in [0, 0.1) is 5.92 Å². The van der Waals surface area contributed by atoms with Crippen LogP contribution in [0.1, 0.15) is 39.0 Å². The Kier molecular flexibility index (Phi) is 4.83. The van der Waals surface area contributed by atoms with Crippen molar-refractivity contribution in [1.29, 1.82) is 0 Å². The zero-order chi connectivity index (χ0) is 12.1. The number of rotatable bonds is 4. The topological polar surface area (TPSA) is 24.5 Å². The predicted octanol–water partition coefficient (Wildman–Crippen LogP) is 1.88. The zero-order valence-electron chi connectivity index (χ0n) is 11.5. The van der Waals surface area contributed by atoms with E-state index in [2.05, 4.69) is 24.2 Å². The molecule has 2 unspecified atom stereocenters. The summed E-state index contributed by atoms with van der Waals surface area (Å²) in [6, 6.07) is 0. The van der Waals surface area contributed by atoms with E-state index in [-0.39, 0.29) is 0 Å². The molecule has 0 aliphatic carbocycles. The summed E-state index contributed by atoms with van der Waals surface area (Å²) in [4.78, 5) is 2.50. The minimum atomic E-state index is 0.336. The van der Waals surface area contributed by atoms with E-state index >= 15 is 0 Å². The van der Waals surface area contributed by atoms with Gasteiger partial charge in [-0.05, 0) is 52.1 Å². The summed E-state index contributed by atoms with van der Waals surface area (Å²) in [6.45, 7) is 7.87. The zero-order valence-corrected chi connectivity index (χ0v) is 11.5. The summed E-state index contributed by atoms with van der Waals surface area (Å²) in [5.41, 5.74) is 0.336. The minimum Gasteiger partial charge on any atom is -0.381 e. The van der Waals surface area contributed by atoms with Crippen LogP contribution in [0.25, 0.3) is 0 Å².